The van der Waals surface area contributed by atoms with E-state index in [1.54, 1.807) is 6.08 Å². The monoisotopic (exact) mass is 273 g/mol. The standard InChI is InChI=1S/C9H8INO/c10-8-4-2-1-3-7(8)5-6-9(11)12/h1-6H,(H2,11,12)/b6-5-. The number of primary amides is 1. The van der Waals surface area contributed by atoms with Crippen molar-refractivity contribution in [2.75, 3.05) is 0 Å². The van der Waals surface area contributed by atoms with Crippen LogP contribution in [0.1, 0.15) is 5.56 Å². The summed E-state index contributed by atoms with van der Waals surface area (Å²) < 4.78 is 1.10. The number of hydrogen-bond acceptors (Lipinski definition) is 1. The summed E-state index contributed by atoms with van der Waals surface area (Å²) in [6.45, 7) is 0. The lowest BCUT2D eigenvalue weighted by Gasteiger charge is -1.95. The summed E-state index contributed by atoms with van der Waals surface area (Å²) in [5, 5.41) is 0. The van der Waals surface area contributed by atoms with Crippen LogP contribution in [-0.2, 0) is 4.79 Å². The van der Waals surface area contributed by atoms with Crippen molar-refractivity contribution in [3.63, 3.8) is 0 Å². The molecule has 0 spiro atoms. The van der Waals surface area contributed by atoms with Gasteiger partial charge in [-0.3, -0.25) is 4.79 Å². The highest BCUT2D eigenvalue weighted by atomic mass is 127. The molecule has 3 heteroatoms. The Morgan fingerprint density at radius 2 is 2.08 bits per heavy atom. The number of carbonyl (C=O) groups is 1. The van der Waals surface area contributed by atoms with Crippen molar-refractivity contribution in [1.29, 1.82) is 0 Å². The number of carbonyl (C=O) groups excluding carboxylic acids is 1. The molecule has 1 aromatic rings. The van der Waals surface area contributed by atoms with Crippen LogP contribution in [0.15, 0.2) is 30.3 Å². The first kappa shape index (κ1) is 9.25. The summed E-state index contributed by atoms with van der Waals surface area (Å²) in [4.78, 5) is 10.4. The Morgan fingerprint density at radius 3 is 2.67 bits per heavy atom. The van der Waals surface area contributed by atoms with E-state index in [2.05, 4.69) is 22.6 Å². The third-order valence-corrected chi connectivity index (χ3v) is 2.31. The molecule has 0 saturated heterocycles. The average molecular weight is 273 g/mol. The second kappa shape index (κ2) is 4.25. The molecule has 2 N–H and O–H groups in total. The van der Waals surface area contributed by atoms with Gasteiger partial charge in [0.15, 0.2) is 0 Å². The van der Waals surface area contributed by atoms with Crippen molar-refractivity contribution in [1.82, 2.24) is 0 Å². The molecule has 0 aliphatic heterocycles. The zero-order chi connectivity index (χ0) is 8.97. The Morgan fingerprint density at radius 1 is 1.42 bits per heavy atom. The molecule has 0 atom stereocenters. The Hall–Kier alpha value is -0.840. The van der Waals surface area contributed by atoms with Crippen LogP contribution in [0.4, 0.5) is 0 Å². The van der Waals surface area contributed by atoms with Gasteiger partial charge in [-0.15, -0.1) is 0 Å². The number of benzene rings is 1. The maximum Gasteiger partial charge on any atom is 0.241 e. The SMILES string of the molecule is NC(=O)/C=C\c1ccccc1I. The van der Waals surface area contributed by atoms with Gasteiger partial charge in [-0.2, -0.15) is 0 Å². The van der Waals surface area contributed by atoms with E-state index in [9.17, 15) is 4.79 Å². The molecule has 0 unspecified atom stereocenters. The minimum atomic E-state index is -0.422. The summed E-state index contributed by atoms with van der Waals surface area (Å²) in [5.74, 6) is -0.422. The van der Waals surface area contributed by atoms with Gasteiger partial charge in [-0.1, -0.05) is 18.2 Å². The Balaban J connectivity index is 2.89. The molecule has 0 heterocycles. The molecule has 0 saturated carbocycles. The highest BCUT2D eigenvalue weighted by Gasteiger charge is 1.92. The van der Waals surface area contributed by atoms with Gasteiger partial charge < -0.3 is 5.73 Å². The summed E-state index contributed by atoms with van der Waals surface area (Å²) in [7, 11) is 0. The van der Waals surface area contributed by atoms with E-state index in [1.807, 2.05) is 24.3 Å². The highest BCUT2D eigenvalue weighted by Crippen LogP contribution is 2.12. The predicted molar refractivity (Wildman–Crippen MR) is 57.4 cm³/mol. The fourth-order valence-electron chi connectivity index (χ4n) is 0.782. The van der Waals surface area contributed by atoms with Gasteiger partial charge in [0.25, 0.3) is 0 Å². The summed E-state index contributed by atoms with van der Waals surface area (Å²) in [5.41, 5.74) is 5.97. The Kier molecular flexibility index (Phi) is 3.28. The first-order chi connectivity index (χ1) is 5.70. The molecule has 1 amide bonds. The van der Waals surface area contributed by atoms with E-state index < -0.39 is 5.91 Å². The molecule has 0 radical (unpaired) electrons. The third-order valence-electron chi connectivity index (χ3n) is 1.33. The third kappa shape index (κ3) is 2.65. The van der Waals surface area contributed by atoms with Crippen LogP contribution >= 0.6 is 22.6 Å². The number of amides is 1. The Bertz CT molecular complexity index is 320. The average Bonchev–Trinajstić information content (AvgIpc) is 2.03. The lowest BCUT2D eigenvalue weighted by Crippen LogP contribution is -2.05. The smallest absolute Gasteiger partial charge is 0.241 e. The van der Waals surface area contributed by atoms with E-state index in [-0.39, 0.29) is 0 Å². The first-order valence-electron chi connectivity index (χ1n) is 3.42. The van der Waals surface area contributed by atoms with Crippen LogP contribution in [0.5, 0.6) is 0 Å². The number of rotatable bonds is 2. The molecular weight excluding hydrogens is 265 g/mol. The molecule has 0 fully saturated rings. The molecule has 62 valence electrons. The van der Waals surface area contributed by atoms with Crippen molar-refractivity contribution in [2.45, 2.75) is 0 Å². The molecule has 0 bridgehead atoms. The quantitative estimate of drug-likeness (QED) is 0.648. The zero-order valence-electron chi connectivity index (χ0n) is 6.33. The fraction of sp³-hybridized carbons (Fsp3) is 0. The van der Waals surface area contributed by atoms with Crippen LogP contribution in [0.2, 0.25) is 0 Å². The van der Waals surface area contributed by atoms with Gasteiger partial charge in [0.05, 0.1) is 0 Å². The van der Waals surface area contributed by atoms with Crippen molar-refractivity contribution < 1.29 is 4.79 Å². The van der Waals surface area contributed by atoms with Gasteiger partial charge in [0, 0.05) is 9.65 Å². The van der Waals surface area contributed by atoms with Crippen LogP contribution in [-0.4, -0.2) is 5.91 Å². The van der Waals surface area contributed by atoms with Gasteiger partial charge in [0.1, 0.15) is 0 Å². The van der Waals surface area contributed by atoms with Gasteiger partial charge in [-0.05, 0) is 40.3 Å². The molecule has 12 heavy (non-hydrogen) atoms. The predicted octanol–water partition coefficient (Wildman–Crippen LogP) is 1.79. The van der Waals surface area contributed by atoms with Crippen LogP contribution in [0.3, 0.4) is 0 Å². The molecule has 2 nitrogen and oxygen atoms in total. The minimum Gasteiger partial charge on any atom is -0.366 e. The summed E-state index contributed by atoms with van der Waals surface area (Å²) >= 11 is 2.20. The maximum atomic E-state index is 10.4. The zero-order valence-corrected chi connectivity index (χ0v) is 8.49. The van der Waals surface area contributed by atoms with Crippen LogP contribution < -0.4 is 5.73 Å². The Labute approximate surface area is 84.6 Å². The summed E-state index contributed by atoms with van der Waals surface area (Å²) in [6.07, 6.45) is 3.07. The van der Waals surface area contributed by atoms with Gasteiger partial charge in [-0.25, -0.2) is 0 Å². The largest absolute Gasteiger partial charge is 0.366 e. The van der Waals surface area contributed by atoms with E-state index in [1.165, 1.54) is 6.08 Å². The summed E-state index contributed by atoms with van der Waals surface area (Å²) in [6, 6.07) is 7.77. The lowest BCUT2D eigenvalue weighted by atomic mass is 10.2. The van der Waals surface area contributed by atoms with Crippen LogP contribution in [0, 0.1) is 3.57 Å². The van der Waals surface area contributed by atoms with Gasteiger partial charge >= 0.3 is 0 Å². The second-order valence-corrected chi connectivity index (χ2v) is 3.42. The normalized spacial score (nSPS) is 10.4. The molecule has 0 aliphatic carbocycles. The first-order valence-corrected chi connectivity index (χ1v) is 4.50. The number of hydrogen-bond donors (Lipinski definition) is 1. The topological polar surface area (TPSA) is 43.1 Å². The van der Waals surface area contributed by atoms with Crippen LogP contribution in [0.25, 0.3) is 6.08 Å². The van der Waals surface area contributed by atoms with Crippen molar-refractivity contribution in [2.24, 2.45) is 5.73 Å². The number of halogens is 1. The number of nitrogens with two attached hydrogens (primary N) is 1. The molecule has 0 aliphatic rings. The van der Waals surface area contributed by atoms with E-state index in [4.69, 9.17) is 5.73 Å². The van der Waals surface area contributed by atoms with Crippen molar-refractivity contribution in [3.8, 4) is 0 Å². The molecule has 1 rings (SSSR count). The maximum absolute atomic E-state index is 10.4. The molecular formula is C9H8INO. The van der Waals surface area contributed by atoms with E-state index in [0.717, 1.165) is 9.13 Å². The second-order valence-electron chi connectivity index (χ2n) is 2.26. The molecule has 1 aromatic carbocycles. The molecule has 0 aromatic heterocycles. The minimum absolute atomic E-state index is 0.422. The lowest BCUT2D eigenvalue weighted by molar-refractivity contribution is -0.113. The van der Waals surface area contributed by atoms with Crippen molar-refractivity contribution >= 4 is 34.6 Å². The highest BCUT2D eigenvalue weighted by molar-refractivity contribution is 14.1. The van der Waals surface area contributed by atoms with Crippen molar-refractivity contribution in [3.05, 3.63) is 39.5 Å². The van der Waals surface area contributed by atoms with E-state index in [0.29, 0.717) is 0 Å². The fourth-order valence-corrected chi connectivity index (χ4v) is 1.35. The van der Waals surface area contributed by atoms with E-state index >= 15 is 0 Å². The van der Waals surface area contributed by atoms with Gasteiger partial charge in [0.2, 0.25) is 5.91 Å².